The maximum absolute atomic E-state index is 5.35. The first-order valence-electron chi connectivity index (χ1n) is 10.1. The number of benzene rings is 1. The Hall–Kier alpha value is -3.00. The summed E-state index contributed by atoms with van der Waals surface area (Å²) in [4.78, 5) is 6.93. The van der Waals surface area contributed by atoms with Crippen LogP contribution in [-0.2, 0) is 0 Å². The van der Waals surface area contributed by atoms with E-state index in [1.807, 2.05) is 36.4 Å². The molecule has 8 nitrogen and oxygen atoms in total. The van der Waals surface area contributed by atoms with Gasteiger partial charge in [-0.2, -0.15) is 4.98 Å². The van der Waals surface area contributed by atoms with Crippen molar-refractivity contribution in [3.63, 3.8) is 0 Å². The van der Waals surface area contributed by atoms with Gasteiger partial charge in [-0.05, 0) is 62.3 Å². The molecule has 0 aliphatic carbocycles. The summed E-state index contributed by atoms with van der Waals surface area (Å²) in [7, 11) is 1.63. The van der Waals surface area contributed by atoms with Gasteiger partial charge in [0.25, 0.3) is 5.89 Å². The molecule has 3 aromatic rings. The van der Waals surface area contributed by atoms with Crippen molar-refractivity contribution < 1.29 is 9.26 Å². The van der Waals surface area contributed by atoms with Crippen LogP contribution in [-0.4, -0.2) is 58.5 Å². The minimum Gasteiger partial charge on any atom is -0.497 e. The van der Waals surface area contributed by atoms with E-state index in [1.165, 1.54) is 38.8 Å². The van der Waals surface area contributed by atoms with Crippen molar-refractivity contribution in [3.8, 4) is 28.7 Å². The summed E-state index contributed by atoms with van der Waals surface area (Å²) in [6.45, 7) is 4.27. The largest absolute Gasteiger partial charge is 0.497 e. The minimum atomic E-state index is 0.347. The van der Waals surface area contributed by atoms with Crippen molar-refractivity contribution in [2.24, 2.45) is 0 Å². The second kappa shape index (κ2) is 9.47. The molecule has 3 heterocycles. The van der Waals surface area contributed by atoms with Gasteiger partial charge >= 0.3 is 0 Å². The van der Waals surface area contributed by atoms with E-state index in [4.69, 9.17) is 9.26 Å². The van der Waals surface area contributed by atoms with Crippen LogP contribution in [0.2, 0.25) is 0 Å². The number of aromatic nitrogens is 4. The Labute approximate surface area is 170 Å². The number of rotatable bonds is 7. The molecule has 152 valence electrons. The van der Waals surface area contributed by atoms with E-state index in [2.05, 4.69) is 30.6 Å². The molecule has 1 saturated heterocycles. The van der Waals surface area contributed by atoms with Crippen molar-refractivity contribution in [1.29, 1.82) is 0 Å². The molecule has 4 rings (SSSR count). The van der Waals surface area contributed by atoms with Gasteiger partial charge in [-0.3, -0.25) is 0 Å². The molecule has 1 aromatic carbocycles. The molecule has 1 fully saturated rings. The maximum atomic E-state index is 5.35. The Balaban J connectivity index is 1.33. The number of nitrogens with one attached hydrogen (secondary N) is 1. The highest BCUT2D eigenvalue weighted by atomic mass is 16.5. The van der Waals surface area contributed by atoms with Gasteiger partial charge in [0.1, 0.15) is 11.6 Å². The lowest BCUT2D eigenvalue weighted by atomic mass is 10.2. The average Bonchev–Trinajstić information content (AvgIpc) is 3.12. The van der Waals surface area contributed by atoms with Crippen molar-refractivity contribution in [2.45, 2.75) is 25.7 Å². The van der Waals surface area contributed by atoms with Crippen LogP contribution in [0.4, 0.5) is 5.82 Å². The van der Waals surface area contributed by atoms with Crippen LogP contribution >= 0.6 is 0 Å². The third kappa shape index (κ3) is 5.08. The highest BCUT2D eigenvalue weighted by Gasteiger charge is 2.13. The predicted octanol–water partition coefficient (Wildman–Crippen LogP) is 3.49. The van der Waals surface area contributed by atoms with E-state index in [9.17, 15) is 0 Å². The van der Waals surface area contributed by atoms with E-state index in [-0.39, 0.29) is 0 Å². The van der Waals surface area contributed by atoms with E-state index < -0.39 is 0 Å². The van der Waals surface area contributed by atoms with Crippen LogP contribution in [0.3, 0.4) is 0 Å². The first kappa shape index (κ1) is 19.3. The molecule has 0 atom stereocenters. The second-order valence-electron chi connectivity index (χ2n) is 7.14. The van der Waals surface area contributed by atoms with Crippen molar-refractivity contribution in [1.82, 2.24) is 25.2 Å². The third-order valence-corrected chi connectivity index (χ3v) is 5.09. The zero-order valence-electron chi connectivity index (χ0n) is 16.7. The summed E-state index contributed by atoms with van der Waals surface area (Å²) in [6.07, 6.45) is 5.31. The van der Waals surface area contributed by atoms with Gasteiger partial charge in [0, 0.05) is 18.7 Å². The zero-order valence-corrected chi connectivity index (χ0v) is 16.7. The molecule has 0 saturated carbocycles. The highest BCUT2D eigenvalue weighted by molar-refractivity contribution is 5.59. The average molecular weight is 394 g/mol. The smallest absolute Gasteiger partial charge is 0.278 e. The molecule has 0 spiro atoms. The number of hydrogen-bond donors (Lipinski definition) is 1. The fourth-order valence-electron chi connectivity index (χ4n) is 3.43. The van der Waals surface area contributed by atoms with Crippen LogP contribution in [0.1, 0.15) is 25.7 Å². The quantitative estimate of drug-likeness (QED) is 0.651. The molecular weight excluding hydrogens is 368 g/mol. The molecule has 29 heavy (non-hydrogen) atoms. The summed E-state index contributed by atoms with van der Waals surface area (Å²) >= 11 is 0. The fourth-order valence-corrected chi connectivity index (χ4v) is 3.43. The number of anilines is 1. The lowest BCUT2D eigenvalue weighted by molar-refractivity contribution is 0.296. The topological polar surface area (TPSA) is 89.2 Å². The monoisotopic (exact) mass is 394 g/mol. The van der Waals surface area contributed by atoms with Gasteiger partial charge in [0.15, 0.2) is 5.69 Å². The fraction of sp³-hybridized carbons (Fsp3) is 0.429. The molecule has 1 aliphatic rings. The van der Waals surface area contributed by atoms with E-state index in [0.717, 1.165) is 30.2 Å². The molecule has 1 aliphatic heterocycles. The van der Waals surface area contributed by atoms with Gasteiger partial charge in [0.05, 0.1) is 7.11 Å². The summed E-state index contributed by atoms with van der Waals surface area (Å²) < 4.78 is 10.5. The highest BCUT2D eigenvalue weighted by Crippen LogP contribution is 2.23. The summed E-state index contributed by atoms with van der Waals surface area (Å²) in [6, 6.07) is 11.2. The van der Waals surface area contributed by atoms with Gasteiger partial charge in [0.2, 0.25) is 5.82 Å². The Kier molecular flexibility index (Phi) is 6.31. The van der Waals surface area contributed by atoms with E-state index in [0.29, 0.717) is 17.4 Å². The Bertz CT molecular complexity index is 886. The van der Waals surface area contributed by atoms with Crippen LogP contribution < -0.4 is 10.1 Å². The molecule has 8 heteroatoms. The van der Waals surface area contributed by atoms with Gasteiger partial charge in [-0.15, -0.1) is 10.2 Å². The number of methoxy groups -OCH3 is 1. The summed E-state index contributed by atoms with van der Waals surface area (Å²) in [5.41, 5.74) is 1.40. The maximum Gasteiger partial charge on any atom is 0.278 e. The van der Waals surface area contributed by atoms with Crippen LogP contribution in [0.5, 0.6) is 5.75 Å². The SMILES string of the molecule is COc1ccc(-c2noc(-c3ccc(NCCN4CCCCCC4)nn3)n2)cc1. The van der Waals surface area contributed by atoms with E-state index >= 15 is 0 Å². The Morgan fingerprint density at radius 2 is 1.79 bits per heavy atom. The number of likely N-dealkylation sites (tertiary alicyclic amines) is 1. The molecule has 0 bridgehead atoms. The van der Waals surface area contributed by atoms with Crippen LogP contribution in [0.25, 0.3) is 23.0 Å². The standard InChI is InChI=1S/C21H26N6O2/c1-28-17-8-6-16(7-9-17)20-23-21(29-26-20)18-10-11-19(25-24-18)22-12-15-27-13-4-2-3-5-14-27/h6-11H,2-5,12-15H2,1H3,(H,22,25). The third-order valence-electron chi connectivity index (χ3n) is 5.09. The molecule has 0 unspecified atom stereocenters. The van der Waals surface area contributed by atoms with Crippen molar-refractivity contribution in [3.05, 3.63) is 36.4 Å². The van der Waals surface area contributed by atoms with Gasteiger partial charge < -0.3 is 19.5 Å². The lowest BCUT2D eigenvalue weighted by Crippen LogP contribution is -2.30. The Morgan fingerprint density at radius 3 is 2.48 bits per heavy atom. The second-order valence-corrected chi connectivity index (χ2v) is 7.14. The molecular formula is C21H26N6O2. The number of nitrogens with zero attached hydrogens (tertiary/aromatic N) is 5. The molecule has 0 amide bonds. The van der Waals surface area contributed by atoms with Crippen molar-refractivity contribution in [2.75, 3.05) is 38.6 Å². The first-order chi connectivity index (χ1) is 14.3. The lowest BCUT2D eigenvalue weighted by Gasteiger charge is -2.19. The summed E-state index contributed by atoms with van der Waals surface area (Å²) in [5, 5.41) is 15.8. The number of ether oxygens (including phenoxy) is 1. The van der Waals surface area contributed by atoms with E-state index in [1.54, 1.807) is 7.11 Å². The molecule has 0 radical (unpaired) electrons. The normalized spacial score (nSPS) is 15.1. The van der Waals surface area contributed by atoms with Gasteiger partial charge in [-0.25, -0.2) is 0 Å². The Morgan fingerprint density at radius 1 is 1.00 bits per heavy atom. The molecule has 2 aromatic heterocycles. The first-order valence-corrected chi connectivity index (χ1v) is 10.1. The number of hydrogen-bond acceptors (Lipinski definition) is 8. The van der Waals surface area contributed by atoms with Crippen LogP contribution in [0, 0.1) is 0 Å². The van der Waals surface area contributed by atoms with Crippen molar-refractivity contribution >= 4 is 5.82 Å². The zero-order chi connectivity index (χ0) is 19.9. The predicted molar refractivity (Wildman–Crippen MR) is 111 cm³/mol. The van der Waals surface area contributed by atoms with Crippen LogP contribution in [0.15, 0.2) is 40.9 Å². The minimum absolute atomic E-state index is 0.347. The summed E-state index contributed by atoms with van der Waals surface area (Å²) in [5.74, 6) is 2.38. The van der Waals surface area contributed by atoms with Gasteiger partial charge in [-0.1, -0.05) is 18.0 Å². The molecule has 1 N–H and O–H groups in total.